The highest BCUT2D eigenvalue weighted by Gasteiger charge is 2.30. The first-order valence-electron chi connectivity index (χ1n) is 6.70. The summed E-state index contributed by atoms with van der Waals surface area (Å²) in [4.78, 5) is 11.6. The molecule has 4 nitrogen and oxygen atoms in total. The maximum Gasteiger partial charge on any atom is 0.310 e. The quantitative estimate of drug-likeness (QED) is 0.779. The van der Waals surface area contributed by atoms with Crippen molar-refractivity contribution >= 4 is 27.4 Å². The molecule has 114 valence electrons. The normalized spacial score (nSPS) is 16.5. The summed E-state index contributed by atoms with van der Waals surface area (Å²) in [6.45, 7) is 1.58. The van der Waals surface area contributed by atoms with Gasteiger partial charge in [0.1, 0.15) is 0 Å². The lowest BCUT2D eigenvalue weighted by atomic mass is 9.96. The lowest BCUT2D eigenvalue weighted by Crippen LogP contribution is -2.16. The van der Waals surface area contributed by atoms with Gasteiger partial charge in [0.05, 0.1) is 15.7 Å². The van der Waals surface area contributed by atoms with Crippen LogP contribution >= 0.6 is 11.6 Å². The first kappa shape index (κ1) is 15.1. The number of aliphatic carboxylic acids is 1. The zero-order chi connectivity index (χ0) is 16.1. The molecule has 0 radical (unpaired) electrons. The van der Waals surface area contributed by atoms with Crippen molar-refractivity contribution in [3.05, 3.63) is 58.1 Å². The SMILES string of the molecule is CC(C(=O)O)c1ccc2c(c1)Cc1ccc(Cl)cc1S2(=O)=O. The van der Waals surface area contributed by atoms with Crippen LogP contribution in [0.25, 0.3) is 0 Å². The van der Waals surface area contributed by atoms with Crippen molar-refractivity contribution in [2.75, 3.05) is 0 Å². The second kappa shape index (κ2) is 5.11. The van der Waals surface area contributed by atoms with Crippen LogP contribution in [0.15, 0.2) is 46.2 Å². The average molecular weight is 337 g/mol. The summed E-state index contributed by atoms with van der Waals surface area (Å²) in [7, 11) is -3.62. The van der Waals surface area contributed by atoms with E-state index >= 15 is 0 Å². The number of sulfone groups is 1. The largest absolute Gasteiger partial charge is 0.481 e. The van der Waals surface area contributed by atoms with Gasteiger partial charge in [-0.15, -0.1) is 0 Å². The van der Waals surface area contributed by atoms with Gasteiger partial charge >= 0.3 is 5.97 Å². The van der Waals surface area contributed by atoms with Crippen LogP contribution in [0.2, 0.25) is 5.02 Å². The van der Waals surface area contributed by atoms with Gasteiger partial charge in [-0.2, -0.15) is 0 Å². The second-order valence-corrected chi connectivity index (χ2v) is 7.68. The van der Waals surface area contributed by atoms with Gasteiger partial charge in [0.25, 0.3) is 0 Å². The molecule has 1 N–H and O–H groups in total. The van der Waals surface area contributed by atoms with Gasteiger partial charge in [0.2, 0.25) is 9.84 Å². The zero-order valence-electron chi connectivity index (χ0n) is 11.7. The number of rotatable bonds is 2. The molecule has 2 aromatic carbocycles. The third kappa shape index (κ3) is 2.30. The van der Waals surface area contributed by atoms with Crippen molar-refractivity contribution in [2.24, 2.45) is 0 Å². The Hall–Kier alpha value is -1.85. The second-order valence-electron chi connectivity index (χ2n) is 5.36. The molecule has 0 bridgehead atoms. The van der Waals surface area contributed by atoms with Gasteiger partial charge in [-0.3, -0.25) is 4.79 Å². The highest BCUT2D eigenvalue weighted by molar-refractivity contribution is 7.91. The Morgan fingerprint density at radius 1 is 1.14 bits per heavy atom. The van der Waals surface area contributed by atoms with Crippen LogP contribution in [0.4, 0.5) is 0 Å². The number of carboxylic acids is 1. The van der Waals surface area contributed by atoms with Gasteiger partial charge < -0.3 is 5.11 Å². The van der Waals surface area contributed by atoms with E-state index in [1.54, 1.807) is 31.2 Å². The minimum Gasteiger partial charge on any atom is -0.481 e. The Morgan fingerprint density at radius 2 is 1.86 bits per heavy atom. The molecule has 1 atom stereocenters. The molecular weight excluding hydrogens is 324 g/mol. The summed E-state index contributed by atoms with van der Waals surface area (Å²) in [6, 6.07) is 9.54. The van der Waals surface area contributed by atoms with E-state index in [4.69, 9.17) is 16.7 Å². The van der Waals surface area contributed by atoms with Crippen molar-refractivity contribution in [3.8, 4) is 0 Å². The molecule has 1 aliphatic rings. The van der Waals surface area contributed by atoms with Gasteiger partial charge in [-0.1, -0.05) is 29.8 Å². The fourth-order valence-electron chi connectivity index (χ4n) is 2.66. The number of halogens is 1. The van der Waals surface area contributed by atoms with Crippen LogP contribution in [0, 0.1) is 0 Å². The van der Waals surface area contributed by atoms with Crippen molar-refractivity contribution in [1.82, 2.24) is 0 Å². The number of hydrogen-bond acceptors (Lipinski definition) is 3. The number of benzene rings is 2. The zero-order valence-corrected chi connectivity index (χ0v) is 13.3. The number of fused-ring (bicyclic) bond motifs is 2. The molecule has 1 unspecified atom stereocenters. The van der Waals surface area contributed by atoms with E-state index in [1.807, 2.05) is 0 Å². The predicted molar refractivity (Wildman–Crippen MR) is 82.2 cm³/mol. The average Bonchev–Trinajstić information content (AvgIpc) is 2.47. The topological polar surface area (TPSA) is 71.4 Å². The molecule has 0 aromatic heterocycles. The number of hydrogen-bond donors (Lipinski definition) is 1. The highest BCUT2D eigenvalue weighted by atomic mass is 35.5. The molecule has 0 spiro atoms. The van der Waals surface area contributed by atoms with Gasteiger partial charge in [0.15, 0.2) is 0 Å². The maximum absolute atomic E-state index is 12.7. The lowest BCUT2D eigenvalue weighted by molar-refractivity contribution is -0.138. The summed E-state index contributed by atoms with van der Waals surface area (Å²) in [5, 5.41) is 9.47. The predicted octanol–water partition coefficient (Wildman–Crippen LogP) is 3.27. The van der Waals surface area contributed by atoms with E-state index < -0.39 is 21.7 Å². The summed E-state index contributed by atoms with van der Waals surface area (Å²) >= 11 is 5.90. The number of carboxylic acid groups (broad SMARTS) is 1. The van der Waals surface area contributed by atoms with Crippen LogP contribution in [0.5, 0.6) is 0 Å². The van der Waals surface area contributed by atoms with Crippen molar-refractivity contribution < 1.29 is 18.3 Å². The molecule has 0 aliphatic carbocycles. The third-order valence-electron chi connectivity index (χ3n) is 3.94. The van der Waals surface area contributed by atoms with Crippen molar-refractivity contribution in [1.29, 1.82) is 0 Å². The maximum atomic E-state index is 12.7. The summed E-state index contributed by atoms with van der Waals surface area (Å²) in [6.07, 6.45) is 0.446. The Labute approximate surface area is 133 Å². The first-order valence-corrected chi connectivity index (χ1v) is 8.56. The molecule has 0 saturated heterocycles. The Morgan fingerprint density at radius 3 is 2.55 bits per heavy atom. The molecule has 3 rings (SSSR count). The van der Waals surface area contributed by atoms with E-state index in [2.05, 4.69) is 0 Å². The summed E-state index contributed by atoms with van der Waals surface area (Å²) in [5.74, 6) is -1.62. The molecule has 1 aliphatic heterocycles. The Kier molecular flexibility index (Phi) is 3.50. The van der Waals surface area contributed by atoms with E-state index in [-0.39, 0.29) is 9.79 Å². The molecule has 0 amide bonds. The standard InChI is InChI=1S/C16H13ClO4S/c1-9(16(18)19)10-3-5-14-12(6-10)7-11-2-4-13(17)8-15(11)22(14,20)21/h2-6,8-9H,7H2,1H3,(H,18,19). The van der Waals surface area contributed by atoms with E-state index in [0.29, 0.717) is 28.1 Å². The fraction of sp³-hybridized carbons (Fsp3) is 0.188. The van der Waals surface area contributed by atoms with Crippen molar-refractivity contribution in [2.45, 2.75) is 29.1 Å². The van der Waals surface area contributed by atoms with Gasteiger partial charge in [0, 0.05) is 11.4 Å². The van der Waals surface area contributed by atoms with E-state index in [9.17, 15) is 13.2 Å². The molecule has 1 heterocycles. The molecule has 0 saturated carbocycles. The molecule has 22 heavy (non-hydrogen) atoms. The molecular formula is C16H13ClO4S. The first-order chi connectivity index (χ1) is 10.3. The van der Waals surface area contributed by atoms with Crippen molar-refractivity contribution in [3.63, 3.8) is 0 Å². The monoisotopic (exact) mass is 336 g/mol. The van der Waals surface area contributed by atoms with Crippen LogP contribution in [0.1, 0.15) is 29.5 Å². The number of carbonyl (C=O) groups is 1. The van der Waals surface area contributed by atoms with Crippen LogP contribution in [-0.4, -0.2) is 19.5 Å². The smallest absolute Gasteiger partial charge is 0.310 e. The van der Waals surface area contributed by atoms with E-state index in [1.165, 1.54) is 12.1 Å². The molecule has 2 aromatic rings. The minimum absolute atomic E-state index is 0.226. The third-order valence-corrected chi connectivity index (χ3v) is 6.12. The Bertz CT molecular complexity index is 887. The molecule has 0 fully saturated rings. The Balaban J connectivity index is 2.17. The lowest BCUT2D eigenvalue weighted by Gasteiger charge is -2.21. The summed E-state index contributed by atoms with van der Waals surface area (Å²) < 4.78 is 25.4. The van der Waals surface area contributed by atoms with Crippen LogP contribution < -0.4 is 0 Å². The van der Waals surface area contributed by atoms with Crippen LogP contribution in [0.3, 0.4) is 0 Å². The molecule has 6 heteroatoms. The van der Waals surface area contributed by atoms with Gasteiger partial charge in [-0.05, 0) is 41.8 Å². The highest BCUT2D eigenvalue weighted by Crippen LogP contribution is 2.36. The van der Waals surface area contributed by atoms with E-state index in [0.717, 1.165) is 0 Å². The minimum atomic E-state index is -3.62. The van der Waals surface area contributed by atoms with Crippen LogP contribution in [-0.2, 0) is 21.1 Å². The summed E-state index contributed by atoms with van der Waals surface area (Å²) in [5.41, 5.74) is 1.90. The fourth-order valence-corrected chi connectivity index (χ4v) is 4.62. The van der Waals surface area contributed by atoms with Gasteiger partial charge in [-0.25, -0.2) is 8.42 Å².